The number of nitrogens with zero attached hydrogens (tertiary/aromatic N) is 3. The molecule has 0 saturated carbocycles. The molecule has 1 amide bonds. The molecule has 2 aromatic heterocycles. The molecule has 2 aromatic rings. The van der Waals surface area contributed by atoms with Gasteiger partial charge in [-0.2, -0.15) is 0 Å². The Labute approximate surface area is 136 Å². The lowest BCUT2D eigenvalue weighted by Crippen LogP contribution is -2.23. The zero-order valence-electron chi connectivity index (χ0n) is 12.7. The zero-order valence-corrected chi connectivity index (χ0v) is 14.3. The topological polar surface area (TPSA) is 101 Å². The van der Waals surface area contributed by atoms with Gasteiger partial charge >= 0.3 is 0 Å². The van der Waals surface area contributed by atoms with Crippen LogP contribution in [0.5, 0.6) is 0 Å². The van der Waals surface area contributed by atoms with Gasteiger partial charge in [0.05, 0.1) is 10.9 Å². The van der Waals surface area contributed by atoms with Crippen molar-refractivity contribution in [1.82, 2.24) is 20.2 Å². The Morgan fingerprint density at radius 1 is 1.36 bits per heavy atom. The summed E-state index contributed by atoms with van der Waals surface area (Å²) in [5.41, 5.74) is 0.493. The summed E-state index contributed by atoms with van der Waals surface area (Å²) in [4.78, 5) is 30.8. The van der Waals surface area contributed by atoms with E-state index in [1.165, 1.54) is 29.2 Å². The summed E-state index contributed by atoms with van der Waals surface area (Å²) >= 11 is 2.51. The molecule has 1 unspecified atom stereocenters. The number of hydrogen-bond acceptors (Lipinski definition) is 7. The van der Waals surface area contributed by atoms with Crippen LogP contribution in [-0.2, 0) is 4.79 Å². The van der Waals surface area contributed by atoms with Gasteiger partial charge in [0.1, 0.15) is 5.01 Å². The lowest BCUT2D eigenvalue weighted by atomic mass is 10.1. The van der Waals surface area contributed by atoms with E-state index < -0.39 is 5.25 Å². The van der Waals surface area contributed by atoms with Crippen LogP contribution in [0.2, 0.25) is 0 Å². The number of amides is 1. The molecule has 0 fully saturated rings. The van der Waals surface area contributed by atoms with Crippen molar-refractivity contribution in [3.8, 4) is 0 Å². The highest BCUT2D eigenvalue weighted by atomic mass is 32.2. The van der Waals surface area contributed by atoms with Gasteiger partial charge in [-0.25, -0.2) is 4.98 Å². The van der Waals surface area contributed by atoms with Crippen LogP contribution in [0.25, 0.3) is 0 Å². The van der Waals surface area contributed by atoms with Crippen molar-refractivity contribution in [2.75, 3.05) is 5.32 Å². The number of thioether (sulfide) groups is 1. The largest absolute Gasteiger partial charge is 0.301 e. The van der Waals surface area contributed by atoms with Gasteiger partial charge in [-0.05, 0) is 19.8 Å². The van der Waals surface area contributed by atoms with Gasteiger partial charge < -0.3 is 4.98 Å². The summed E-state index contributed by atoms with van der Waals surface area (Å²) in [6.45, 7) is 7.49. The molecule has 0 radical (unpaired) electrons. The number of H-pyrrole nitrogens is 1. The lowest BCUT2D eigenvalue weighted by Gasteiger charge is -2.11. The van der Waals surface area contributed by atoms with E-state index in [9.17, 15) is 9.59 Å². The molecule has 7 nitrogen and oxygen atoms in total. The second-order valence-corrected chi connectivity index (χ2v) is 7.52. The summed E-state index contributed by atoms with van der Waals surface area (Å²) in [5, 5.41) is 11.7. The van der Waals surface area contributed by atoms with E-state index in [4.69, 9.17) is 0 Å². The van der Waals surface area contributed by atoms with Gasteiger partial charge in [-0.3, -0.25) is 14.9 Å². The molecule has 0 aromatic carbocycles. The Morgan fingerprint density at radius 3 is 2.68 bits per heavy atom. The second-order valence-electron chi connectivity index (χ2n) is 5.01. The monoisotopic (exact) mass is 339 g/mol. The fourth-order valence-electron chi connectivity index (χ4n) is 1.58. The van der Waals surface area contributed by atoms with Crippen molar-refractivity contribution in [3.05, 3.63) is 27.1 Å². The number of carbonyl (C=O) groups is 1. The zero-order chi connectivity index (χ0) is 16.3. The van der Waals surface area contributed by atoms with E-state index in [1.54, 1.807) is 6.92 Å². The van der Waals surface area contributed by atoms with Crippen LogP contribution in [0.1, 0.15) is 37.4 Å². The SMILES string of the molecule is Cc1nnc(NC(=O)C(C)Sc2nc(C(C)C)cc(=O)[nH]2)s1. The van der Waals surface area contributed by atoms with E-state index in [-0.39, 0.29) is 17.4 Å². The third-order valence-corrected chi connectivity index (χ3v) is 4.48. The Morgan fingerprint density at radius 2 is 2.09 bits per heavy atom. The molecule has 0 spiro atoms. The highest BCUT2D eigenvalue weighted by molar-refractivity contribution is 8.00. The summed E-state index contributed by atoms with van der Waals surface area (Å²) in [5.74, 6) is -0.0612. The molecule has 118 valence electrons. The number of nitrogens with one attached hydrogen (secondary N) is 2. The van der Waals surface area contributed by atoms with Gasteiger partial charge in [-0.15, -0.1) is 10.2 Å². The minimum absolute atomic E-state index is 0.148. The molecule has 0 aliphatic rings. The van der Waals surface area contributed by atoms with Gasteiger partial charge in [0, 0.05) is 6.07 Å². The molecule has 0 bridgehead atoms. The number of aryl methyl sites for hydroxylation is 1. The van der Waals surface area contributed by atoms with Crippen molar-refractivity contribution >= 4 is 34.1 Å². The summed E-state index contributed by atoms with van der Waals surface area (Å²) in [6, 6.07) is 1.48. The fourth-order valence-corrected chi connectivity index (χ4v) is 2.99. The molecule has 2 N–H and O–H groups in total. The van der Waals surface area contributed by atoms with Gasteiger partial charge in [0.2, 0.25) is 11.0 Å². The van der Waals surface area contributed by atoms with Crippen molar-refractivity contribution in [1.29, 1.82) is 0 Å². The molecule has 22 heavy (non-hydrogen) atoms. The smallest absolute Gasteiger partial charge is 0.251 e. The number of aromatic nitrogens is 4. The summed E-state index contributed by atoms with van der Waals surface area (Å²) in [6.07, 6.45) is 0. The standard InChI is InChI=1S/C13H17N5O2S2/c1-6(2)9-5-10(19)15-12(14-9)21-7(3)11(20)16-13-18-17-8(4)22-13/h5-7H,1-4H3,(H,14,15,19)(H,16,18,20). The number of hydrogen-bond donors (Lipinski definition) is 2. The Hall–Kier alpha value is -1.74. The lowest BCUT2D eigenvalue weighted by molar-refractivity contribution is -0.115. The number of rotatable bonds is 5. The molecule has 0 saturated heterocycles. The minimum Gasteiger partial charge on any atom is -0.301 e. The van der Waals surface area contributed by atoms with Crippen molar-refractivity contribution in [2.45, 2.75) is 44.0 Å². The van der Waals surface area contributed by atoms with Crippen LogP contribution < -0.4 is 10.9 Å². The molecule has 0 aliphatic heterocycles. The van der Waals surface area contributed by atoms with Crippen LogP contribution >= 0.6 is 23.1 Å². The van der Waals surface area contributed by atoms with Gasteiger partial charge in [-0.1, -0.05) is 36.9 Å². The van der Waals surface area contributed by atoms with E-state index in [0.29, 0.717) is 16.0 Å². The fraction of sp³-hybridized carbons (Fsp3) is 0.462. The average Bonchev–Trinajstić information content (AvgIpc) is 2.83. The van der Waals surface area contributed by atoms with Crippen LogP contribution in [-0.4, -0.2) is 31.3 Å². The summed E-state index contributed by atoms with van der Waals surface area (Å²) in [7, 11) is 0. The van der Waals surface area contributed by atoms with Crippen LogP contribution in [0.15, 0.2) is 16.0 Å². The highest BCUT2D eigenvalue weighted by Gasteiger charge is 2.18. The van der Waals surface area contributed by atoms with E-state index in [0.717, 1.165) is 5.01 Å². The van der Waals surface area contributed by atoms with Gasteiger partial charge in [0.15, 0.2) is 5.16 Å². The summed E-state index contributed by atoms with van der Waals surface area (Å²) < 4.78 is 0. The number of carbonyl (C=O) groups excluding carboxylic acids is 1. The van der Waals surface area contributed by atoms with Gasteiger partial charge in [0.25, 0.3) is 5.56 Å². The maximum absolute atomic E-state index is 12.1. The van der Waals surface area contributed by atoms with Crippen molar-refractivity contribution in [3.63, 3.8) is 0 Å². The molecule has 1 atom stereocenters. The van der Waals surface area contributed by atoms with Crippen molar-refractivity contribution in [2.24, 2.45) is 0 Å². The molecule has 2 heterocycles. The normalized spacial score (nSPS) is 12.4. The molecular weight excluding hydrogens is 322 g/mol. The predicted octanol–water partition coefficient (Wildman–Crippen LogP) is 2.17. The molecule has 0 aliphatic carbocycles. The third kappa shape index (κ3) is 4.38. The van der Waals surface area contributed by atoms with Crippen LogP contribution in [0, 0.1) is 6.92 Å². The first-order valence-corrected chi connectivity index (χ1v) is 8.43. The highest BCUT2D eigenvalue weighted by Crippen LogP contribution is 2.22. The van der Waals surface area contributed by atoms with E-state index in [2.05, 4.69) is 25.5 Å². The number of aromatic amines is 1. The third-order valence-electron chi connectivity index (χ3n) is 2.75. The Balaban J connectivity index is 2.06. The average molecular weight is 339 g/mol. The van der Waals surface area contributed by atoms with Crippen molar-refractivity contribution < 1.29 is 4.79 Å². The quantitative estimate of drug-likeness (QED) is 0.639. The molecule has 9 heteroatoms. The molecule has 2 rings (SSSR count). The number of anilines is 1. The van der Waals surface area contributed by atoms with Crippen LogP contribution in [0.3, 0.4) is 0 Å². The first kappa shape index (κ1) is 16.6. The maximum Gasteiger partial charge on any atom is 0.251 e. The Kier molecular flexibility index (Phi) is 5.30. The predicted molar refractivity (Wildman–Crippen MR) is 87.5 cm³/mol. The first-order chi connectivity index (χ1) is 10.3. The Bertz CT molecular complexity index is 725. The van der Waals surface area contributed by atoms with E-state index >= 15 is 0 Å². The van der Waals surface area contributed by atoms with Crippen LogP contribution in [0.4, 0.5) is 5.13 Å². The second kappa shape index (κ2) is 7.01. The maximum atomic E-state index is 12.1. The molecular formula is C13H17N5O2S2. The minimum atomic E-state index is -0.422. The first-order valence-electron chi connectivity index (χ1n) is 6.74. The van der Waals surface area contributed by atoms with E-state index in [1.807, 2.05) is 20.8 Å².